The molecule has 0 unspecified atom stereocenters. The fourth-order valence-corrected chi connectivity index (χ4v) is 6.23. The molecule has 0 aliphatic heterocycles. The van der Waals surface area contributed by atoms with Crippen LogP contribution in [0.3, 0.4) is 0 Å². The average Bonchev–Trinajstić information content (AvgIpc) is 2.63. The highest BCUT2D eigenvalue weighted by atomic mass is 16.5. The number of nitrogens with one attached hydrogen (secondary N) is 2. The molecule has 0 saturated heterocycles. The first-order chi connectivity index (χ1) is 14.3. The van der Waals surface area contributed by atoms with Gasteiger partial charge < -0.3 is 15.4 Å². The fraction of sp³-hybridized carbons (Fsp3) is 0.840. The van der Waals surface area contributed by atoms with E-state index < -0.39 is 0 Å². The summed E-state index contributed by atoms with van der Waals surface area (Å²) < 4.78 is 5.36. The van der Waals surface area contributed by atoms with Crippen LogP contribution in [0.25, 0.3) is 0 Å². The van der Waals surface area contributed by atoms with Crippen molar-refractivity contribution in [2.75, 3.05) is 13.2 Å². The molecule has 0 spiro atoms. The quantitative estimate of drug-likeness (QED) is 0.270. The van der Waals surface area contributed by atoms with Crippen LogP contribution in [0.5, 0.6) is 0 Å². The monoisotopic (exact) mass is 418 g/mol. The van der Waals surface area contributed by atoms with Crippen molar-refractivity contribution < 1.29 is 14.3 Å². The van der Waals surface area contributed by atoms with Gasteiger partial charge in [-0.25, -0.2) is 4.79 Å². The van der Waals surface area contributed by atoms with Gasteiger partial charge in [-0.05, 0) is 102 Å². The van der Waals surface area contributed by atoms with Crippen molar-refractivity contribution in [1.29, 1.82) is 0 Å². The van der Waals surface area contributed by atoms with Gasteiger partial charge in [0.25, 0.3) is 0 Å². The van der Waals surface area contributed by atoms with E-state index in [-0.39, 0.29) is 17.5 Å². The Morgan fingerprint density at radius 1 is 1.07 bits per heavy atom. The van der Waals surface area contributed by atoms with Crippen molar-refractivity contribution in [2.24, 2.45) is 23.7 Å². The summed E-state index contributed by atoms with van der Waals surface area (Å²) in [5.41, 5.74) is 1.40. The van der Waals surface area contributed by atoms with Crippen LogP contribution >= 0.6 is 0 Å². The number of hydrogen-bond acceptors (Lipinski definition) is 3. The smallest absolute Gasteiger partial charge is 0.315 e. The summed E-state index contributed by atoms with van der Waals surface area (Å²) >= 11 is 0. The Morgan fingerprint density at radius 3 is 2.30 bits per heavy atom. The third-order valence-electron chi connectivity index (χ3n) is 7.35. The lowest BCUT2D eigenvalue weighted by Crippen LogP contribution is -2.61. The summed E-state index contributed by atoms with van der Waals surface area (Å²) in [4.78, 5) is 24.3. The van der Waals surface area contributed by atoms with Gasteiger partial charge in [0.2, 0.25) is 0 Å². The number of rotatable bonds is 11. The maximum atomic E-state index is 12.4. The average molecular weight is 419 g/mol. The highest BCUT2D eigenvalue weighted by Gasteiger charge is 2.51. The molecule has 2 N–H and O–H groups in total. The van der Waals surface area contributed by atoms with Crippen LogP contribution in [0, 0.1) is 23.7 Å². The zero-order valence-electron chi connectivity index (χ0n) is 19.3. The minimum atomic E-state index is -0.158. The lowest BCUT2D eigenvalue weighted by Gasteiger charge is -2.56. The third kappa shape index (κ3) is 7.02. The van der Waals surface area contributed by atoms with E-state index in [2.05, 4.69) is 37.5 Å². The minimum Gasteiger partial charge on any atom is -0.466 e. The molecule has 4 rings (SSSR count). The standard InChI is InChI=1S/C25H42N2O3/c1-18(2)6-4-7-19(3)9-11-30-23(28)8-5-10-26-24(29)27-25-15-20-12-21(16-25)14-22(13-20)17-25/h6,19-22H,4-5,7-17H2,1-3H3,(H2,26,27,29)/t19-,20?,21?,22?,25?/m1/s1. The maximum Gasteiger partial charge on any atom is 0.315 e. The Bertz CT molecular complexity index is 589. The summed E-state index contributed by atoms with van der Waals surface area (Å²) in [5.74, 6) is 2.86. The van der Waals surface area contributed by atoms with Gasteiger partial charge in [0, 0.05) is 18.5 Å². The second-order valence-corrected chi connectivity index (χ2v) is 10.7. The Kier molecular flexibility index (Phi) is 8.24. The molecule has 30 heavy (non-hydrogen) atoms. The van der Waals surface area contributed by atoms with Crippen LogP contribution in [-0.4, -0.2) is 30.7 Å². The van der Waals surface area contributed by atoms with Gasteiger partial charge in [0.05, 0.1) is 6.61 Å². The number of esters is 1. The Labute approximate surface area is 182 Å². The molecule has 0 aromatic carbocycles. The molecule has 4 saturated carbocycles. The topological polar surface area (TPSA) is 67.4 Å². The summed E-state index contributed by atoms with van der Waals surface area (Å²) in [7, 11) is 0. The predicted octanol–water partition coefficient (Wildman–Crippen LogP) is 5.35. The number of urea groups is 1. The van der Waals surface area contributed by atoms with Gasteiger partial charge in [-0.15, -0.1) is 0 Å². The van der Waals surface area contributed by atoms with Crippen LogP contribution in [-0.2, 0) is 9.53 Å². The third-order valence-corrected chi connectivity index (χ3v) is 7.35. The van der Waals surface area contributed by atoms with Crippen molar-refractivity contribution in [2.45, 2.75) is 96.9 Å². The van der Waals surface area contributed by atoms with Crippen LogP contribution in [0.2, 0.25) is 0 Å². The summed E-state index contributed by atoms with van der Waals surface area (Å²) in [6, 6.07) is -0.0597. The van der Waals surface area contributed by atoms with E-state index in [1.165, 1.54) is 24.8 Å². The first-order valence-electron chi connectivity index (χ1n) is 12.2. The van der Waals surface area contributed by atoms with E-state index in [0.29, 0.717) is 31.9 Å². The molecule has 0 radical (unpaired) electrons. The van der Waals surface area contributed by atoms with E-state index in [1.807, 2.05) is 0 Å². The summed E-state index contributed by atoms with van der Waals surface area (Å²) in [5, 5.41) is 6.27. The van der Waals surface area contributed by atoms with Gasteiger partial charge in [-0.3, -0.25) is 4.79 Å². The van der Waals surface area contributed by atoms with Gasteiger partial charge in [-0.1, -0.05) is 18.6 Å². The lowest BCUT2D eigenvalue weighted by atomic mass is 9.53. The zero-order valence-corrected chi connectivity index (χ0v) is 19.3. The van der Waals surface area contributed by atoms with E-state index in [1.54, 1.807) is 0 Å². The second kappa shape index (κ2) is 10.7. The number of carbonyl (C=O) groups excluding carboxylic acids is 2. The Balaban J connectivity index is 1.22. The molecule has 0 heterocycles. The lowest BCUT2D eigenvalue weighted by molar-refractivity contribution is -0.144. The summed E-state index contributed by atoms with van der Waals surface area (Å²) in [6.45, 7) is 7.46. The van der Waals surface area contributed by atoms with Gasteiger partial charge in [0.15, 0.2) is 0 Å². The molecule has 5 nitrogen and oxygen atoms in total. The molecule has 1 atom stereocenters. The van der Waals surface area contributed by atoms with Crippen molar-refractivity contribution in [1.82, 2.24) is 10.6 Å². The molecule has 4 aliphatic carbocycles. The van der Waals surface area contributed by atoms with Gasteiger partial charge in [-0.2, -0.15) is 0 Å². The Morgan fingerprint density at radius 2 is 1.70 bits per heavy atom. The molecular formula is C25H42N2O3. The SMILES string of the molecule is CC(C)=CCC[C@@H](C)CCOC(=O)CCCNC(=O)NC12CC3CC(CC(C3)C1)C2. The molecule has 170 valence electrons. The van der Waals surface area contributed by atoms with Crippen molar-refractivity contribution in [3.05, 3.63) is 11.6 Å². The van der Waals surface area contributed by atoms with Crippen molar-refractivity contribution >= 4 is 12.0 Å². The van der Waals surface area contributed by atoms with E-state index in [9.17, 15) is 9.59 Å². The highest BCUT2D eigenvalue weighted by molar-refractivity contribution is 5.75. The highest BCUT2D eigenvalue weighted by Crippen LogP contribution is 2.55. The van der Waals surface area contributed by atoms with E-state index >= 15 is 0 Å². The Hall–Kier alpha value is -1.52. The maximum absolute atomic E-state index is 12.4. The number of allylic oxidation sites excluding steroid dienone is 2. The van der Waals surface area contributed by atoms with Gasteiger partial charge in [0.1, 0.15) is 0 Å². The van der Waals surface area contributed by atoms with Crippen LogP contribution in [0.1, 0.15) is 91.4 Å². The largest absolute Gasteiger partial charge is 0.466 e. The molecule has 0 aromatic rings. The number of hydrogen-bond donors (Lipinski definition) is 2. The number of amides is 2. The normalized spacial score (nSPS) is 29.9. The van der Waals surface area contributed by atoms with Crippen molar-refractivity contribution in [3.63, 3.8) is 0 Å². The number of ether oxygens (including phenoxy) is 1. The first kappa shape index (κ1) is 23.1. The van der Waals surface area contributed by atoms with Crippen LogP contribution < -0.4 is 10.6 Å². The van der Waals surface area contributed by atoms with Gasteiger partial charge >= 0.3 is 12.0 Å². The second-order valence-electron chi connectivity index (χ2n) is 10.7. The van der Waals surface area contributed by atoms with Crippen LogP contribution in [0.4, 0.5) is 4.79 Å². The fourth-order valence-electron chi connectivity index (χ4n) is 6.23. The molecular weight excluding hydrogens is 376 g/mol. The molecule has 5 heteroatoms. The van der Waals surface area contributed by atoms with Crippen molar-refractivity contribution in [3.8, 4) is 0 Å². The van der Waals surface area contributed by atoms with Crippen LogP contribution in [0.15, 0.2) is 11.6 Å². The zero-order chi connectivity index (χ0) is 21.6. The minimum absolute atomic E-state index is 0.0417. The molecule has 0 aromatic heterocycles. The predicted molar refractivity (Wildman–Crippen MR) is 120 cm³/mol. The first-order valence-corrected chi connectivity index (χ1v) is 12.2. The molecule has 2 amide bonds. The number of carbonyl (C=O) groups is 2. The molecule has 4 fully saturated rings. The molecule has 4 aliphatic rings. The van der Waals surface area contributed by atoms with E-state index in [0.717, 1.165) is 56.3 Å². The summed E-state index contributed by atoms with van der Waals surface area (Å²) in [6.07, 6.45) is 14.0. The van der Waals surface area contributed by atoms with E-state index in [4.69, 9.17) is 4.74 Å². The molecule has 4 bridgehead atoms.